The monoisotopic (exact) mass is 374 g/mol. The van der Waals surface area contributed by atoms with Crippen LogP contribution in [0.15, 0.2) is 24.3 Å². The highest BCUT2D eigenvalue weighted by molar-refractivity contribution is 5.31. The third kappa shape index (κ3) is 14.1. The predicted molar refractivity (Wildman–Crippen MR) is 114 cm³/mol. The Bertz CT molecular complexity index is 499. The van der Waals surface area contributed by atoms with Crippen LogP contribution >= 0.6 is 0 Å². The van der Waals surface area contributed by atoms with Gasteiger partial charge < -0.3 is 14.2 Å². The Balaban J connectivity index is 1.99. The van der Waals surface area contributed by atoms with Gasteiger partial charge in [-0.1, -0.05) is 64.2 Å². The van der Waals surface area contributed by atoms with Gasteiger partial charge in [0.15, 0.2) is 0 Å². The highest BCUT2D eigenvalue weighted by atomic mass is 16.5. The summed E-state index contributed by atoms with van der Waals surface area (Å²) in [7, 11) is 1.65. The number of rotatable bonds is 16. The highest BCUT2D eigenvalue weighted by Gasteiger charge is 1.97. The summed E-state index contributed by atoms with van der Waals surface area (Å²) < 4.78 is 16.4. The smallest absolute Gasteiger partial charge is 0.119 e. The summed E-state index contributed by atoms with van der Waals surface area (Å²) in [6.45, 7) is 4.25. The molecule has 0 bridgehead atoms. The molecule has 1 rings (SSSR count). The Morgan fingerprint density at radius 3 is 1.74 bits per heavy atom. The maximum absolute atomic E-state index is 5.82. The van der Waals surface area contributed by atoms with Gasteiger partial charge in [0.2, 0.25) is 0 Å². The van der Waals surface area contributed by atoms with Crippen LogP contribution in [-0.2, 0) is 4.74 Å². The topological polar surface area (TPSA) is 27.7 Å². The second-order valence-electron chi connectivity index (χ2n) is 6.89. The van der Waals surface area contributed by atoms with Gasteiger partial charge in [0.25, 0.3) is 0 Å². The summed E-state index contributed by atoms with van der Waals surface area (Å²) in [5, 5.41) is 0. The van der Waals surface area contributed by atoms with Gasteiger partial charge >= 0.3 is 0 Å². The first-order valence-corrected chi connectivity index (χ1v) is 10.7. The van der Waals surface area contributed by atoms with Crippen molar-refractivity contribution >= 4 is 0 Å². The minimum absolute atomic E-state index is 0.501. The SMILES string of the molecule is CCCCCCCCCCCOc1ccc(OCCCC#CCOC)cc1. The average Bonchev–Trinajstić information content (AvgIpc) is 2.70. The largest absolute Gasteiger partial charge is 0.494 e. The van der Waals surface area contributed by atoms with Crippen LogP contribution in [0.4, 0.5) is 0 Å². The summed E-state index contributed by atoms with van der Waals surface area (Å²) in [5.41, 5.74) is 0. The predicted octanol–water partition coefficient (Wildman–Crippen LogP) is 6.41. The third-order valence-corrected chi connectivity index (χ3v) is 4.40. The lowest BCUT2D eigenvalue weighted by Gasteiger charge is -2.08. The number of unbranched alkanes of at least 4 members (excludes halogenated alkanes) is 9. The fraction of sp³-hybridized carbons (Fsp3) is 0.667. The maximum atomic E-state index is 5.82. The van der Waals surface area contributed by atoms with E-state index >= 15 is 0 Å². The van der Waals surface area contributed by atoms with Crippen molar-refractivity contribution in [2.24, 2.45) is 0 Å². The summed E-state index contributed by atoms with van der Waals surface area (Å²) in [4.78, 5) is 0. The molecule has 0 N–H and O–H groups in total. The van der Waals surface area contributed by atoms with Crippen molar-refractivity contribution in [3.05, 3.63) is 24.3 Å². The van der Waals surface area contributed by atoms with Crippen LogP contribution < -0.4 is 9.47 Å². The van der Waals surface area contributed by atoms with E-state index in [1.54, 1.807) is 7.11 Å². The van der Waals surface area contributed by atoms with E-state index in [1.807, 2.05) is 24.3 Å². The molecule has 27 heavy (non-hydrogen) atoms. The lowest BCUT2D eigenvalue weighted by Crippen LogP contribution is -1.99. The second-order valence-corrected chi connectivity index (χ2v) is 6.89. The Morgan fingerprint density at radius 1 is 0.667 bits per heavy atom. The van der Waals surface area contributed by atoms with Crippen LogP contribution in [0.25, 0.3) is 0 Å². The molecule has 0 atom stereocenters. The third-order valence-electron chi connectivity index (χ3n) is 4.40. The van der Waals surface area contributed by atoms with Gasteiger partial charge in [0.1, 0.15) is 18.1 Å². The zero-order valence-electron chi connectivity index (χ0n) is 17.4. The molecule has 0 fully saturated rings. The fourth-order valence-corrected chi connectivity index (χ4v) is 2.80. The van der Waals surface area contributed by atoms with E-state index in [0.29, 0.717) is 13.2 Å². The molecule has 0 aliphatic heterocycles. The van der Waals surface area contributed by atoms with Crippen LogP contribution in [0.1, 0.15) is 77.6 Å². The Labute approximate surface area is 166 Å². The zero-order chi connectivity index (χ0) is 19.4. The van der Waals surface area contributed by atoms with E-state index in [1.165, 1.54) is 51.4 Å². The molecule has 0 unspecified atom stereocenters. The number of hydrogen-bond acceptors (Lipinski definition) is 3. The van der Waals surface area contributed by atoms with Crippen molar-refractivity contribution in [2.75, 3.05) is 26.9 Å². The molecule has 0 aromatic heterocycles. The molecular formula is C24H38O3. The molecule has 3 heteroatoms. The van der Waals surface area contributed by atoms with Crippen molar-refractivity contribution < 1.29 is 14.2 Å². The lowest BCUT2D eigenvalue weighted by atomic mass is 10.1. The highest BCUT2D eigenvalue weighted by Crippen LogP contribution is 2.18. The molecule has 0 heterocycles. The number of ether oxygens (including phenoxy) is 3. The summed E-state index contributed by atoms with van der Waals surface area (Å²) >= 11 is 0. The molecule has 0 aliphatic rings. The molecule has 0 spiro atoms. The Kier molecular flexibility index (Phi) is 15.4. The lowest BCUT2D eigenvalue weighted by molar-refractivity contribution is 0.239. The molecule has 0 aliphatic carbocycles. The fourth-order valence-electron chi connectivity index (χ4n) is 2.80. The molecule has 1 aromatic rings. The van der Waals surface area contributed by atoms with Gasteiger partial charge in [-0.15, -0.1) is 5.92 Å². The van der Waals surface area contributed by atoms with Gasteiger partial charge in [-0.25, -0.2) is 0 Å². The van der Waals surface area contributed by atoms with Crippen molar-refractivity contribution in [1.29, 1.82) is 0 Å². The van der Waals surface area contributed by atoms with Gasteiger partial charge in [-0.2, -0.15) is 0 Å². The minimum Gasteiger partial charge on any atom is -0.494 e. The minimum atomic E-state index is 0.501. The molecule has 1 aromatic carbocycles. The van der Waals surface area contributed by atoms with E-state index in [-0.39, 0.29) is 0 Å². The Morgan fingerprint density at radius 2 is 1.19 bits per heavy atom. The Hall–Kier alpha value is -1.66. The van der Waals surface area contributed by atoms with E-state index in [9.17, 15) is 0 Å². The van der Waals surface area contributed by atoms with Crippen molar-refractivity contribution in [1.82, 2.24) is 0 Å². The van der Waals surface area contributed by atoms with Gasteiger partial charge in [0, 0.05) is 13.5 Å². The van der Waals surface area contributed by atoms with Crippen molar-refractivity contribution in [3.63, 3.8) is 0 Å². The van der Waals surface area contributed by atoms with Crippen molar-refractivity contribution in [2.45, 2.75) is 77.6 Å². The standard InChI is InChI=1S/C24H38O3/c1-3-4-5-6-7-8-9-10-14-21-26-23-16-18-24(19-17-23)27-22-15-12-11-13-20-25-2/h16-19H,3-10,12,14-15,20-22H2,1-2H3. The first-order valence-electron chi connectivity index (χ1n) is 10.7. The normalized spacial score (nSPS) is 10.3. The summed E-state index contributed by atoms with van der Waals surface area (Å²) in [6, 6.07) is 7.92. The van der Waals surface area contributed by atoms with E-state index in [2.05, 4.69) is 18.8 Å². The summed E-state index contributed by atoms with van der Waals surface area (Å²) in [5.74, 6) is 7.81. The van der Waals surface area contributed by atoms with E-state index < -0.39 is 0 Å². The number of methoxy groups -OCH3 is 1. The van der Waals surface area contributed by atoms with Gasteiger partial charge in [-0.3, -0.25) is 0 Å². The number of benzene rings is 1. The molecular weight excluding hydrogens is 336 g/mol. The number of hydrogen-bond donors (Lipinski definition) is 0. The zero-order valence-corrected chi connectivity index (χ0v) is 17.4. The van der Waals surface area contributed by atoms with Crippen LogP contribution in [0.3, 0.4) is 0 Å². The van der Waals surface area contributed by atoms with Crippen molar-refractivity contribution in [3.8, 4) is 23.3 Å². The molecule has 0 saturated heterocycles. The molecule has 152 valence electrons. The van der Waals surface area contributed by atoms with Gasteiger partial charge in [0.05, 0.1) is 13.2 Å². The van der Waals surface area contributed by atoms with Crippen LogP contribution in [0, 0.1) is 11.8 Å². The molecule has 0 radical (unpaired) electrons. The van der Waals surface area contributed by atoms with E-state index in [0.717, 1.165) is 37.4 Å². The molecule has 0 amide bonds. The quantitative estimate of drug-likeness (QED) is 0.247. The van der Waals surface area contributed by atoms with Crippen LogP contribution in [-0.4, -0.2) is 26.9 Å². The maximum Gasteiger partial charge on any atom is 0.119 e. The molecule has 3 nitrogen and oxygen atoms in total. The first-order chi connectivity index (χ1) is 13.4. The van der Waals surface area contributed by atoms with Crippen LogP contribution in [0.2, 0.25) is 0 Å². The van der Waals surface area contributed by atoms with Gasteiger partial charge in [-0.05, 0) is 37.1 Å². The first kappa shape index (κ1) is 23.4. The van der Waals surface area contributed by atoms with Crippen LogP contribution in [0.5, 0.6) is 11.5 Å². The molecule has 0 saturated carbocycles. The van der Waals surface area contributed by atoms with E-state index in [4.69, 9.17) is 14.2 Å². The average molecular weight is 375 g/mol. The second kappa shape index (κ2) is 17.7. The summed E-state index contributed by atoms with van der Waals surface area (Å²) in [6.07, 6.45) is 13.8.